The molecule has 4 heterocycles. The van der Waals surface area contributed by atoms with Gasteiger partial charge in [-0.2, -0.15) is 9.98 Å². The number of hydrogen-bond donors (Lipinski definition) is 2. The Hall–Kier alpha value is -13.3. The fourth-order valence-corrected chi connectivity index (χ4v) is 14.1. The number of ether oxygens (including phenoxy) is 6. The highest BCUT2D eigenvalue weighted by Crippen LogP contribution is 2.40. The summed E-state index contributed by atoms with van der Waals surface area (Å²) < 4.78 is 32.9. The van der Waals surface area contributed by atoms with E-state index >= 15 is 0 Å². The molecule has 0 saturated carbocycles. The number of isocyanates is 2. The van der Waals surface area contributed by atoms with Gasteiger partial charge in [-0.05, 0) is 220 Å². The van der Waals surface area contributed by atoms with E-state index in [0.717, 1.165) is 113 Å². The van der Waals surface area contributed by atoms with Gasteiger partial charge in [-0.15, -0.1) is 26.3 Å². The first-order chi connectivity index (χ1) is 58.9. The quantitative estimate of drug-likeness (QED) is 0.0217. The molecule has 0 aliphatic carbocycles. The van der Waals surface area contributed by atoms with Crippen molar-refractivity contribution in [3.8, 4) is 45.6 Å². The molecule has 122 heavy (non-hydrogen) atoms. The molecule has 4 aliphatic rings. The van der Waals surface area contributed by atoms with Gasteiger partial charge in [-0.25, -0.2) is 9.59 Å². The minimum absolute atomic E-state index is 0. The standard InChI is InChI=1S/C29H26N2O2.C23H22N2O2.C21H24O2.C16H18.2C9H10O2.CH4/c1-3-7-26(8-4-1)30-18-24-16-22(11-13-28(24)32-20-30)15-23-12-14-29-25(17-23)19-31(21-33-29)27-9-5-2-6-10-27;1-5-7-17-13-19(9-11-21(17)24-15-26)23(3,4)20-10-12-22(25-16-27)18(14-20)8-6-2;1-5-7-15-13-17(9-11-19(15)22)21(3,4)18-10-12-20(23)16(14-18)8-6-2;1-3-13-5-9-15(10-6-13)16-11-7-14(4-2)8-12-16;2*1-2-4-8(5-3-1)10-6-9-7-11-9;/h1-14,16-17H,15,18-21H2;5-6,9-14H,1-2,7-8H2,3-4H3;5-6,9-14,22-23H,1-2,7-8H2,3-4H3;5-12H,3-4H2,1-2H3;2*1-5,9H,6-7H2;1H4. The van der Waals surface area contributed by atoms with E-state index in [1.165, 1.54) is 55.9 Å². The minimum atomic E-state index is -0.307. The van der Waals surface area contributed by atoms with Crippen LogP contribution in [0.2, 0.25) is 0 Å². The average molecular weight is 1630 g/mol. The Morgan fingerprint density at radius 1 is 0.418 bits per heavy atom. The highest BCUT2D eigenvalue weighted by molar-refractivity contribution is 5.65. The van der Waals surface area contributed by atoms with Crippen LogP contribution >= 0.6 is 0 Å². The third kappa shape index (κ3) is 26.3. The Bertz CT molecular complexity index is 5130. The van der Waals surface area contributed by atoms with Gasteiger partial charge in [0.05, 0.1) is 24.6 Å². The Morgan fingerprint density at radius 2 is 0.738 bits per heavy atom. The summed E-state index contributed by atoms with van der Waals surface area (Å²) in [4.78, 5) is 33.4. The molecular weight excluding hydrogens is 1510 g/mol. The zero-order chi connectivity index (χ0) is 85.4. The summed E-state index contributed by atoms with van der Waals surface area (Å²) in [6, 6.07) is 94.4. The van der Waals surface area contributed by atoms with Gasteiger partial charge >= 0.3 is 0 Å². The van der Waals surface area contributed by atoms with Crippen LogP contribution in [0.25, 0.3) is 11.1 Å². The zero-order valence-electron chi connectivity index (χ0n) is 70.4. The summed E-state index contributed by atoms with van der Waals surface area (Å²) in [5, 5.41) is 19.9. The molecule has 2 atom stereocenters. The minimum Gasteiger partial charge on any atom is -0.508 e. The predicted molar refractivity (Wildman–Crippen MR) is 497 cm³/mol. The first-order valence-corrected chi connectivity index (χ1v) is 41.3. The number of carbonyl (C=O) groups excluding carboxylic acids is 2. The van der Waals surface area contributed by atoms with Crippen LogP contribution in [0.1, 0.15) is 127 Å². The number of hydrogen-bond acceptors (Lipinski definition) is 14. The number of nitrogens with zero attached hydrogens (tertiary/aromatic N) is 4. The smallest absolute Gasteiger partial charge is 0.240 e. The number of allylic oxidation sites excluding steroid dienone is 4. The lowest BCUT2D eigenvalue weighted by atomic mass is 9.76. The van der Waals surface area contributed by atoms with Gasteiger partial charge in [0.25, 0.3) is 0 Å². The van der Waals surface area contributed by atoms with Crippen LogP contribution in [0.5, 0.6) is 34.5 Å². The number of aromatic hydroxyl groups is 2. The van der Waals surface area contributed by atoms with Crippen LogP contribution in [0.15, 0.2) is 340 Å². The van der Waals surface area contributed by atoms with Crippen molar-refractivity contribution in [3.05, 3.63) is 408 Å². The van der Waals surface area contributed by atoms with Crippen LogP contribution in [0, 0.1) is 0 Å². The van der Waals surface area contributed by atoms with Crippen LogP contribution < -0.4 is 28.7 Å². The molecule has 626 valence electrons. The number of benzene rings is 12. The number of epoxide rings is 2. The summed E-state index contributed by atoms with van der Waals surface area (Å²) in [6.45, 7) is 33.9. The lowest BCUT2D eigenvalue weighted by Gasteiger charge is -2.31. The third-order valence-corrected chi connectivity index (χ3v) is 21.6. The first-order valence-electron chi connectivity index (χ1n) is 41.3. The SMILES string of the molecule is C.C=CCc1cc(C(C)(C)c2ccc(N=C=O)c(CC=C)c2)ccc1N=C=O.C=CCc1cc(C(C)(C)c2ccc(O)c(CC=C)c2)ccc1O.CCc1ccc(-c2ccc(CC)cc2)cc1.c1ccc(N2COc3ccc(Cc4ccc5c(c4)CN(c4ccccc4)CO5)cc3C2)cc1.c1ccc(OCC2CO2)cc1.c1ccc(OCC2CO2)cc1. The Morgan fingerprint density at radius 3 is 1.07 bits per heavy atom. The van der Waals surface area contributed by atoms with Crippen molar-refractivity contribution in [1.82, 2.24) is 0 Å². The maximum atomic E-state index is 10.7. The molecule has 14 heteroatoms. The molecule has 12 aromatic rings. The number of rotatable bonds is 27. The predicted octanol–water partition coefficient (Wildman–Crippen LogP) is 24.3. The van der Waals surface area contributed by atoms with Crippen molar-refractivity contribution in [2.45, 2.75) is 130 Å². The van der Waals surface area contributed by atoms with Crippen molar-refractivity contribution in [2.24, 2.45) is 9.98 Å². The lowest BCUT2D eigenvalue weighted by Crippen LogP contribution is -2.32. The van der Waals surface area contributed by atoms with Crippen molar-refractivity contribution < 1.29 is 48.2 Å². The fourth-order valence-electron chi connectivity index (χ4n) is 14.1. The van der Waals surface area contributed by atoms with E-state index in [9.17, 15) is 19.8 Å². The molecule has 2 N–H and O–H groups in total. The Balaban J connectivity index is 0.000000160. The number of aliphatic imine (C=N–C) groups is 2. The van der Waals surface area contributed by atoms with Gasteiger partial charge in [0.2, 0.25) is 12.2 Å². The van der Waals surface area contributed by atoms with Gasteiger partial charge in [0.1, 0.15) is 59.9 Å². The molecule has 0 amide bonds. The lowest BCUT2D eigenvalue weighted by molar-refractivity contribution is 0.263. The second kappa shape index (κ2) is 45.7. The second-order valence-electron chi connectivity index (χ2n) is 30.9. The Labute approximate surface area is 721 Å². The summed E-state index contributed by atoms with van der Waals surface area (Å²) in [6.07, 6.45) is 16.6. The third-order valence-electron chi connectivity index (χ3n) is 21.6. The van der Waals surface area contributed by atoms with Crippen LogP contribution in [0.3, 0.4) is 0 Å². The van der Waals surface area contributed by atoms with E-state index in [-0.39, 0.29) is 18.3 Å². The molecule has 0 spiro atoms. The highest BCUT2D eigenvalue weighted by atomic mass is 16.6. The molecule has 14 nitrogen and oxygen atoms in total. The topological polar surface area (TPSA) is 168 Å². The number of fused-ring (bicyclic) bond motifs is 2. The average Bonchev–Trinajstić information content (AvgIpc) is 0.855. The number of anilines is 2. The van der Waals surface area contributed by atoms with E-state index < -0.39 is 0 Å². The molecule has 4 aliphatic heterocycles. The zero-order valence-corrected chi connectivity index (χ0v) is 70.4. The molecule has 16 rings (SSSR count). The highest BCUT2D eigenvalue weighted by Gasteiger charge is 2.29. The Kier molecular flexibility index (Phi) is 34.1. The molecule has 2 unspecified atom stereocenters. The first kappa shape index (κ1) is 91.0. The maximum absolute atomic E-state index is 10.7. The summed E-state index contributed by atoms with van der Waals surface area (Å²) in [5.41, 5.74) is 21.5. The molecule has 0 radical (unpaired) electrons. The number of phenols is 2. The van der Waals surface area contributed by atoms with Crippen molar-refractivity contribution in [2.75, 3.05) is 49.7 Å². The molecule has 0 aromatic heterocycles. The second-order valence-corrected chi connectivity index (χ2v) is 30.9. The number of para-hydroxylation sites is 4. The van der Waals surface area contributed by atoms with Gasteiger partial charge in [0.15, 0.2) is 13.5 Å². The summed E-state index contributed by atoms with van der Waals surface area (Å²) in [7, 11) is 0. The molecule has 12 aromatic carbocycles. The van der Waals surface area contributed by atoms with Crippen molar-refractivity contribution in [3.63, 3.8) is 0 Å². The summed E-state index contributed by atoms with van der Waals surface area (Å²) in [5.74, 6) is 4.41. The van der Waals surface area contributed by atoms with Crippen LogP contribution in [0.4, 0.5) is 22.7 Å². The van der Waals surface area contributed by atoms with E-state index in [1.54, 1.807) is 48.6 Å². The maximum Gasteiger partial charge on any atom is 0.240 e. The van der Waals surface area contributed by atoms with Gasteiger partial charge in [-0.3, -0.25) is 0 Å². The molecule has 2 fully saturated rings. The normalized spacial score (nSPS) is 13.6. The van der Waals surface area contributed by atoms with Crippen LogP contribution in [-0.2, 0) is 87.9 Å². The van der Waals surface area contributed by atoms with Crippen molar-refractivity contribution in [1.29, 1.82) is 0 Å². The summed E-state index contributed by atoms with van der Waals surface area (Å²) >= 11 is 0. The van der Waals surface area contributed by atoms with Crippen molar-refractivity contribution >= 4 is 34.9 Å². The molecule has 0 bridgehead atoms. The van der Waals surface area contributed by atoms with Gasteiger partial charge in [0, 0.05) is 46.4 Å². The van der Waals surface area contributed by atoms with E-state index in [1.807, 2.05) is 133 Å². The van der Waals surface area contributed by atoms with E-state index in [4.69, 9.17) is 28.4 Å². The van der Waals surface area contributed by atoms with Gasteiger partial charge in [-0.1, -0.05) is 255 Å². The molecule has 2 saturated heterocycles. The largest absolute Gasteiger partial charge is 0.508 e. The van der Waals surface area contributed by atoms with E-state index in [0.29, 0.717) is 87.4 Å². The number of phenolic OH excluding ortho intramolecular Hbond substituents is 2. The van der Waals surface area contributed by atoms with E-state index in [2.05, 4.69) is 221 Å². The number of aryl methyl sites for hydroxylation is 2. The van der Waals surface area contributed by atoms with Gasteiger partial charge < -0.3 is 48.4 Å². The monoisotopic (exact) mass is 1630 g/mol. The van der Waals surface area contributed by atoms with Crippen LogP contribution in [-0.4, -0.2) is 74.5 Å². The fraction of sp³-hybridized carbons (Fsp3) is 0.241. The molecular formula is C108H114N4O10.